The fraction of sp³-hybridized carbons (Fsp3) is 0.357. The minimum Gasteiger partial charge on any atom is 0 e. The molecule has 0 radical (unpaired) electrons. The molecule has 0 amide bonds. The van der Waals surface area contributed by atoms with Crippen molar-refractivity contribution in [2.45, 2.75) is 32.2 Å². The van der Waals surface area contributed by atoms with Gasteiger partial charge in [-0.3, -0.25) is 9.59 Å². The molecular formula is C14H11F3FeO7. The van der Waals surface area contributed by atoms with Crippen molar-refractivity contribution in [2.75, 3.05) is 0 Å². The Morgan fingerprint density at radius 1 is 1.00 bits per heavy atom. The summed E-state index contributed by atoms with van der Waals surface area (Å²) in [7, 11) is 0. The topological polar surface area (TPSA) is 112 Å². The summed E-state index contributed by atoms with van der Waals surface area (Å²) in [5.41, 5.74) is -1.06. The average Bonchev–Trinajstić information content (AvgIpc) is 2.53. The molecule has 138 valence electrons. The Bertz CT molecular complexity index is 519. The fourth-order valence-electron chi connectivity index (χ4n) is 1.50. The van der Waals surface area contributed by atoms with Gasteiger partial charge in [-0.05, 0) is 6.08 Å². The molecule has 0 aromatic carbocycles. The second-order valence-electron chi connectivity index (χ2n) is 3.61. The van der Waals surface area contributed by atoms with Gasteiger partial charge < -0.3 is 9.47 Å². The molecule has 0 bridgehead atoms. The number of carbonyl (C=O) groups excluding carboxylic acids is 2. The van der Waals surface area contributed by atoms with E-state index in [0.717, 1.165) is 26.0 Å². The molecule has 0 heterocycles. The summed E-state index contributed by atoms with van der Waals surface area (Å²) in [4.78, 5) is 21.6. The normalized spacial score (nSPS) is 17.0. The van der Waals surface area contributed by atoms with E-state index < -0.39 is 35.9 Å². The van der Waals surface area contributed by atoms with Gasteiger partial charge in [0.05, 0.1) is 5.57 Å². The van der Waals surface area contributed by atoms with Crippen LogP contribution in [0, 0.1) is 20.0 Å². The summed E-state index contributed by atoms with van der Waals surface area (Å²) in [5, 5.41) is 0. The van der Waals surface area contributed by atoms with Gasteiger partial charge in [-0.25, -0.2) is 0 Å². The molecule has 0 aromatic heterocycles. The summed E-state index contributed by atoms with van der Waals surface area (Å²) in [6, 6.07) is 0. The molecule has 0 saturated carbocycles. The first-order chi connectivity index (χ1) is 11.2. The number of alkyl halides is 3. The summed E-state index contributed by atoms with van der Waals surface area (Å²) >= 11 is 0. The number of allylic oxidation sites excluding steroid dienone is 2. The van der Waals surface area contributed by atoms with Crippen molar-refractivity contribution in [3.63, 3.8) is 0 Å². The van der Waals surface area contributed by atoms with Crippen molar-refractivity contribution in [2.24, 2.45) is 0 Å². The summed E-state index contributed by atoms with van der Waals surface area (Å²) in [6.45, 7) is 15.5. The maximum atomic E-state index is 12.7. The molecule has 2 atom stereocenters. The molecule has 1 aliphatic rings. The van der Waals surface area contributed by atoms with Crippen LogP contribution < -0.4 is 0 Å². The minimum absolute atomic E-state index is 0. The van der Waals surface area contributed by atoms with Crippen LogP contribution in [0.25, 0.3) is 0 Å². The molecule has 0 aromatic rings. The van der Waals surface area contributed by atoms with Gasteiger partial charge in [0, 0.05) is 30.9 Å². The second kappa shape index (κ2) is 16.8. The number of halogens is 3. The summed E-state index contributed by atoms with van der Waals surface area (Å²) in [6.07, 6.45) is -4.48. The fourth-order valence-corrected chi connectivity index (χ4v) is 1.50. The summed E-state index contributed by atoms with van der Waals surface area (Å²) in [5.74, 6) is -1.65. The van der Waals surface area contributed by atoms with E-state index in [4.69, 9.17) is 14.0 Å². The predicted molar refractivity (Wildman–Crippen MR) is 66.2 cm³/mol. The molecule has 0 spiro atoms. The number of rotatable bonds is 2. The maximum Gasteiger partial charge on any atom is 0 e. The van der Waals surface area contributed by atoms with Crippen LogP contribution in [0.3, 0.4) is 0 Å². The van der Waals surface area contributed by atoms with Gasteiger partial charge in [0.2, 0.25) is 0 Å². The minimum atomic E-state index is -4.66. The van der Waals surface area contributed by atoms with Gasteiger partial charge in [0.25, 0.3) is 0 Å². The van der Waals surface area contributed by atoms with E-state index >= 15 is 0 Å². The molecule has 25 heavy (non-hydrogen) atoms. The van der Waals surface area contributed by atoms with E-state index in [1.54, 1.807) is 0 Å². The zero-order valence-electron chi connectivity index (χ0n) is 12.7. The SMILES string of the molecule is CC(=O)O[C@@H]1C=CC=C(C(F)(F)F)[C@@H]1OC(C)=O.[C-]#[O+].[C-]#[O+].[C-]#[O+].[Fe]. The Morgan fingerprint density at radius 2 is 1.40 bits per heavy atom. The quantitative estimate of drug-likeness (QED) is 0.302. The van der Waals surface area contributed by atoms with Crippen LogP contribution in [0.15, 0.2) is 23.8 Å². The van der Waals surface area contributed by atoms with Gasteiger partial charge in [-0.2, -0.15) is 13.2 Å². The van der Waals surface area contributed by atoms with Crippen LogP contribution in [0.2, 0.25) is 0 Å². The molecular weight excluding hydrogens is 393 g/mol. The Kier molecular flexibility index (Phi) is 20.7. The van der Waals surface area contributed by atoms with Crippen molar-refractivity contribution in [1.82, 2.24) is 0 Å². The van der Waals surface area contributed by atoms with Crippen molar-refractivity contribution in [3.8, 4) is 0 Å². The largest absolute Gasteiger partial charge is 0 e. The zero-order chi connectivity index (χ0) is 19.9. The third-order valence-electron chi connectivity index (χ3n) is 2.10. The molecule has 0 saturated heterocycles. The Labute approximate surface area is 151 Å². The Balaban J connectivity index is -0.000000284. The van der Waals surface area contributed by atoms with E-state index in [1.165, 1.54) is 6.08 Å². The summed E-state index contributed by atoms with van der Waals surface area (Å²) < 4.78 is 69.9. The molecule has 11 heteroatoms. The van der Waals surface area contributed by atoms with E-state index in [9.17, 15) is 22.8 Å². The average molecular weight is 404 g/mol. The molecule has 0 aliphatic heterocycles. The van der Waals surface area contributed by atoms with Gasteiger partial charge >= 0.3 is 52.0 Å². The van der Waals surface area contributed by atoms with Crippen molar-refractivity contribution < 1.29 is 63.3 Å². The van der Waals surface area contributed by atoms with Crippen LogP contribution in [0.4, 0.5) is 13.2 Å². The Hall–Kier alpha value is -2.05. The van der Waals surface area contributed by atoms with Crippen molar-refractivity contribution in [3.05, 3.63) is 43.8 Å². The standard InChI is InChI=1S/C11H11F3O4.3CO.Fe/c1-6(15)17-9-5-3-4-8(11(12,13)14)10(9)18-7(2)16;3*1-2;/h3-5,9-10H,1-2H3;;;;/t9-,10+;;;;/m1..../s1. The first-order valence-electron chi connectivity index (χ1n) is 5.63. The number of hydrogen-bond acceptors (Lipinski definition) is 4. The maximum absolute atomic E-state index is 12.7. The Morgan fingerprint density at radius 3 is 1.72 bits per heavy atom. The van der Waals surface area contributed by atoms with Crippen LogP contribution in [0.5, 0.6) is 0 Å². The van der Waals surface area contributed by atoms with Crippen molar-refractivity contribution >= 4 is 11.9 Å². The first-order valence-corrected chi connectivity index (χ1v) is 5.63. The molecule has 7 nitrogen and oxygen atoms in total. The number of hydrogen-bond donors (Lipinski definition) is 0. The number of carbonyl (C=O) groups is 2. The van der Waals surface area contributed by atoms with E-state index in [-0.39, 0.29) is 17.1 Å². The third-order valence-corrected chi connectivity index (χ3v) is 2.10. The predicted octanol–water partition coefficient (Wildman–Crippen LogP) is 1.79. The van der Waals surface area contributed by atoms with Crippen molar-refractivity contribution in [1.29, 1.82) is 0 Å². The number of esters is 2. The molecule has 1 rings (SSSR count). The molecule has 0 unspecified atom stereocenters. The van der Waals surface area contributed by atoms with E-state index in [2.05, 4.69) is 29.4 Å². The van der Waals surface area contributed by atoms with Crippen LogP contribution >= 0.6 is 0 Å². The van der Waals surface area contributed by atoms with Crippen LogP contribution in [-0.4, -0.2) is 30.3 Å². The molecule has 1 aliphatic carbocycles. The zero-order valence-corrected chi connectivity index (χ0v) is 13.8. The van der Waals surface area contributed by atoms with E-state index in [1.807, 2.05) is 0 Å². The first kappa shape index (κ1) is 30.8. The van der Waals surface area contributed by atoms with E-state index in [0.29, 0.717) is 0 Å². The van der Waals surface area contributed by atoms with Gasteiger partial charge in [0.1, 0.15) is 0 Å². The number of ether oxygens (including phenoxy) is 2. The van der Waals surface area contributed by atoms with Gasteiger partial charge in [-0.15, -0.1) is 0 Å². The smallest absolute Gasteiger partial charge is 0 e. The van der Waals surface area contributed by atoms with Gasteiger partial charge in [-0.1, -0.05) is 12.2 Å². The molecule has 0 fully saturated rings. The van der Waals surface area contributed by atoms with Gasteiger partial charge in [0.15, 0.2) is 12.2 Å². The third kappa shape index (κ3) is 13.0. The molecule has 0 N–H and O–H groups in total. The second-order valence-corrected chi connectivity index (χ2v) is 3.61. The monoisotopic (exact) mass is 404 g/mol. The van der Waals surface area contributed by atoms with Crippen LogP contribution in [0.1, 0.15) is 13.8 Å². The van der Waals surface area contributed by atoms with Crippen LogP contribution in [-0.2, 0) is 50.1 Å².